The Hall–Kier alpha value is -0.220. The van der Waals surface area contributed by atoms with Crippen molar-refractivity contribution in [3.63, 3.8) is 0 Å². The summed E-state index contributed by atoms with van der Waals surface area (Å²) >= 11 is 0. The minimum atomic E-state index is -2.64. The number of nitrogens with zero attached hydrogens (tertiary/aromatic N) is 1. The molecule has 0 radical (unpaired) electrons. The summed E-state index contributed by atoms with van der Waals surface area (Å²) in [7, 11) is 5.93. The Morgan fingerprint density at radius 1 is 1.38 bits per heavy atom. The number of hydrogen-bond donors (Lipinski definition) is 0. The standard InChI is InChI=1S/C9H18F2NO/c1-7-9(10,11)5-8(13-7)6-12(2,3)4/h7-8H,5-6H2,1-4H3/q+1/t7-,8-/m0/s1. The summed E-state index contributed by atoms with van der Waals surface area (Å²) in [6, 6.07) is 0. The Morgan fingerprint density at radius 2 is 1.92 bits per heavy atom. The maximum atomic E-state index is 13.0. The molecule has 1 saturated heterocycles. The second-order valence-electron chi connectivity index (χ2n) is 4.84. The van der Waals surface area contributed by atoms with Gasteiger partial charge in [0.15, 0.2) is 0 Å². The van der Waals surface area contributed by atoms with Crippen molar-refractivity contribution in [2.75, 3.05) is 27.7 Å². The molecule has 0 aromatic rings. The largest absolute Gasteiger partial charge is 0.363 e. The Bertz CT molecular complexity index is 187. The summed E-state index contributed by atoms with van der Waals surface area (Å²) in [5, 5.41) is 0. The molecule has 1 aliphatic rings. The minimum absolute atomic E-state index is 0.135. The van der Waals surface area contributed by atoms with Crippen molar-refractivity contribution in [3.05, 3.63) is 0 Å². The van der Waals surface area contributed by atoms with E-state index in [9.17, 15) is 8.78 Å². The first-order valence-electron chi connectivity index (χ1n) is 4.54. The number of alkyl halides is 2. The smallest absolute Gasteiger partial charge is 0.276 e. The van der Waals surface area contributed by atoms with Gasteiger partial charge in [-0.15, -0.1) is 0 Å². The molecule has 1 rings (SSSR count). The number of likely N-dealkylation sites (N-methyl/N-ethyl adjacent to an activating group) is 1. The zero-order valence-corrected chi connectivity index (χ0v) is 8.68. The van der Waals surface area contributed by atoms with Gasteiger partial charge in [0, 0.05) is 6.42 Å². The van der Waals surface area contributed by atoms with Crippen molar-refractivity contribution in [1.82, 2.24) is 0 Å². The summed E-state index contributed by atoms with van der Waals surface area (Å²) in [6.07, 6.45) is -1.36. The Labute approximate surface area is 78.1 Å². The van der Waals surface area contributed by atoms with Crippen molar-refractivity contribution < 1.29 is 18.0 Å². The highest BCUT2D eigenvalue weighted by Crippen LogP contribution is 2.35. The van der Waals surface area contributed by atoms with E-state index in [-0.39, 0.29) is 12.5 Å². The SMILES string of the molecule is C[C@@H]1O[C@H](C[N+](C)(C)C)CC1(F)F. The summed E-state index contributed by atoms with van der Waals surface area (Å²) in [5.74, 6) is -2.64. The van der Waals surface area contributed by atoms with Crippen LogP contribution in [0.25, 0.3) is 0 Å². The number of hydrogen-bond acceptors (Lipinski definition) is 1. The maximum absolute atomic E-state index is 13.0. The molecule has 0 aromatic carbocycles. The molecule has 0 aromatic heterocycles. The summed E-state index contributed by atoms with van der Waals surface area (Å²) < 4.78 is 31.9. The second-order valence-corrected chi connectivity index (χ2v) is 4.84. The third kappa shape index (κ3) is 2.88. The first kappa shape index (κ1) is 10.9. The lowest BCUT2D eigenvalue weighted by atomic mass is 10.1. The van der Waals surface area contributed by atoms with E-state index in [1.807, 2.05) is 21.1 Å². The van der Waals surface area contributed by atoms with Crippen LogP contribution in [0.15, 0.2) is 0 Å². The highest BCUT2D eigenvalue weighted by molar-refractivity contribution is 4.86. The molecule has 0 N–H and O–H groups in total. The van der Waals surface area contributed by atoms with Gasteiger partial charge in [0.25, 0.3) is 5.92 Å². The van der Waals surface area contributed by atoms with Crippen LogP contribution in [0.2, 0.25) is 0 Å². The predicted molar refractivity (Wildman–Crippen MR) is 46.8 cm³/mol. The first-order chi connectivity index (χ1) is 5.71. The highest BCUT2D eigenvalue weighted by Gasteiger charge is 2.48. The fourth-order valence-corrected chi connectivity index (χ4v) is 1.62. The van der Waals surface area contributed by atoms with Crippen LogP contribution >= 0.6 is 0 Å². The lowest BCUT2D eigenvalue weighted by Crippen LogP contribution is -2.41. The zero-order valence-electron chi connectivity index (χ0n) is 8.68. The maximum Gasteiger partial charge on any atom is 0.276 e. The lowest BCUT2D eigenvalue weighted by molar-refractivity contribution is -0.873. The van der Waals surface area contributed by atoms with E-state index in [1.165, 1.54) is 6.92 Å². The van der Waals surface area contributed by atoms with E-state index in [4.69, 9.17) is 4.74 Å². The highest BCUT2D eigenvalue weighted by atomic mass is 19.3. The van der Waals surface area contributed by atoms with E-state index in [1.54, 1.807) is 0 Å². The quantitative estimate of drug-likeness (QED) is 0.605. The van der Waals surface area contributed by atoms with Gasteiger partial charge in [-0.1, -0.05) is 0 Å². The fraction of sp³-hybridized carbons (Fsp3) is 1.00. The molecular formula is C9H18F2NO+. The van der Waals surface area contributed by atoms with Crippen LogP contribution in [0.5, 0.6) is 0 Å². The van der Waals surface area contributed by atoms with Crippen LogP contribution in [-0.2, 0) is 4.74 Å². The van der Waals surface area contributed by atoms with Gasteiger partial charge in [0.2, 0.25) is 0 Å². The van der Waals surface area contributed by atoms with Gasteiger partial charge in [-0.25, -0.2) is 8.78 Å². The van der Waals surface area contributed by atoms with E-state index < -0.39 is 12.0 Å². The van der Waals surface area contributed by atoms with Crippen LogP contribution in [0.1, 0.15) is 13.3 Å². The number of quaternary nitrogens is 1. The van der Waals surface area contributed by atoms with Crippen molar-refractivity contribution in [3.8, 4) is 0 Å². The summed E-state index contributed by atoms with van der Waals surface area (Å²) in [5.41, 5.74) is 0. The van der Waals surface area contributed by atoms with Gasteiger partial charge in [-0.05, 0) is 6.92 Å². The van der Waals surface area contributed by atoms with E-state index in [0.29, 0.717) is 11.0 Å². The lowest BCUT2D eigenvalue weighted by Gasteiger charge is -2.26. The van der Waals surface area contributed by atoms with Gasteiger partial charge in [-0.3, -0.25) is 0 Å². The molecule has 0 amide bonds. The van der Waals surface area contributed by atoms with Gasteiger partial charge in [-0.2, -0.15) is 0 Å². The van der Waals surface area contributed by atoms with E-state index in [0.717, 1.165) is 0 Å². The van der Waals surface area contributed by atoms with Crippen molar-refractivity contribution in [2.45, 2.75) is 31.5 Å². The van der Waals surface area contributed by atoms with Crippen molar-refractivity contribution in [2.24, 2.45) is 0 Å². The number of ether oxygens (including phenoxy) is 1. The topological polar surface area (TPSA) is 9.23 Å². The third-order valence-electron chi connectivity index (χ3n) is 2.24. The molecule has 0 saturated carbocycles. The average molecular weight is 194 g/mol. The minimum Gasteiger partial charge on any atom is -0.363 e. The first-order valence-corrected chi connectivity index (χ1v) is 4.54. The molecule has 4 heteroatoms. The monoisotopic (exact) mass is 194 g/mol. The van der Waals surface area contributed by atoms with Gasteiger partial charge in [0.1, 0.15) is 18.8 Å². The van der Waals surface area contributed by atoms with Crippen LogP contribution in [0, 0.1) is 0 Å². The van der Waals surface area contributed by atoms with Crippen LogP contribution in [-0.4, -0.2) is 50.3 Å². The Balaban J connectivity index is 2.50. The molecule has 1 heterocycles. The molecule has 2 atom stereocenters. The molecule has 13 heavy (non-hydrogen) atoms. The number of rotatable bonds is 2. The summed E-state index contributed by atoms with van der Waals surface area (Å²) in [4.78, 5) is 0. The van der Waals surface area contributed by atoms with E-state index >= 15 is 0 Å². The van der Waals surface area contributed by atoms with Crippen molar-refractivity contribution in [1.29, 1.82) is 0 Å². The molecule has 0 unspecified atom stereocenters. The Morgan fingerprint density at radius 3 is 2.23 bits per heavy atom. The van der Waals surface area contributed by atoms with Crippen LogP contribution in [0.3, 0.4) is 0 Å². The van der Waals surface area contributed by atoms with Gasteiger partial charge < -0.3 is 9.22 Å². The molecule has 0 spiro atoms. The van der Waals surface area contributed by atoms with E-state index in [2.05, 4.69) is 0 Å². The fourth-order valence-electron chi connectivity index (χ4n) is 1.62. The van der Waals surface area contributed by atoms with Crippen LogP contribution in [0.4, 0.5) is 8.78 Å². The third-order valence-corrected chi connectivity index (χ3v) is 2.24. The normalized spacial score (nSPS) is 33.7. The molecule has 1 fully saturated rings. The van der Waals surface area contributed by atoms with Gasteiger partial charge >= 0.3 is 0 Å². The summed E-state index contributed by atoms with van der Waals surface area (Å²) in [6.45, 7) is 2.08. The molecular weight excluding hydrogens is 176 g/mol. The number of halogens is 2. The second kappa shape index (κ2) is 3.17. The predicted octanol–water partition coefficient (Wildman–Crippen LogP) is 1.51. The zero-order chi connectivity index (χ0) is 10.3. The average Bonchev–Trinajstić information content (AvgIpc) is 2.01. The molecule has 2 nitrogen and oxygen atoms in total. The molecule has 1 aliphatic heterocycles. The molecule has 0 aliphatic carbocycles. The van der Waals surface area contributed by atoms with Crippen molar-refractivity contribution >= 4 is 0 Å². The van der Waals surface area contributed by atoms with Crippen LogP contribution < -0.4 is 0 Å². The van der Waals surface area contributed by atoms with Gasteiger partial charge in [0.05, 0.1) is 21.1 Å². The Kier molecular flexibility index (Phi) is 2.65. The molecule has 78 valence electrons. The molecule has 0 bridgehead atoms.